The van der Waals surface area contributed by atoms with Gasteiger partial charge in [-0.2, -0.15) is 0 Å². The second-order valence-corrected chi connectivity index (χ2v) is 5.26. The Morgan fingerprint density at radius 3 is 3.07 bits per heavy atom. The van der Waals surface area contributed by atoms with Crippen LogP contribution in [-0.4, -0.2) is 24.5 Å². The Morgan fingerprint density at radius 2 is 2.47 bits per heavy atom. The Morgan fingerprint density at radius 1 is 1.60 bits per heavy atom. The summed E-state index contributed by atoms with van der Waals surface area (Å²) in [6.07, 6.45) is 2.50. The highest BCUT2D eigenvalue weighted by atomic mass is 32.1. The summed E-state index contributed by atoms with van der Waals surface area (Å²) in [5.74, 6) is 0.662. The van der Waals surface area contributed by atoms with Gasteiger partial charge in [0.05, 0.1) is 0 Å². The summed E-state index contributed by atoms with van der Waals surface area (Å²) in [5, 5.41) is 2.17. The Hall–Kier alpha value is -0.380. The summed E-state index contributed by atoms with van der Waals surface area (Å²) >= 11 is 1.87. The first-order chi connectivity index (χ1) is 7.36. The topological polar surface area (TPSA) is 29.3 Å². The van der Waals surface area contributed by atoms with E-state index in [0.717, 1.165) is 6.54 Å². The molecule has 2 atom stereocenters. The van der Waals surface area contributed by atoms with Crippen molar-refractivity contribution in [1.82, 2.24) is 4.90 Å². The van der Waals surface area contributed by atoms with Crippen molar-refractivity contribution in [3.05, 3.63) is 22.4 Å². The van der Waals surface area contributed by atoms with E-state index in [4.69, 9.17) is 5.73 Å². The summed E-state index contributed by atoms with van der Waals surface area (Å²) in [6.45, 7) is 5.50. The smallest absolute Gasteiger partial charge is 0.0482 e. The predicted octanol–water partition coefficient (Wildman–Crippen LogP) is 2.48. The molecule has 0 radical (unpaired) electrons. The molecular formula is C12H20N2S. The zero-order chi connectivity index (χ0) is 10.7. The average Bonchev–Trinajstić information content (AvgIpc) is 2.85. The molecule has 1 fully saturated rings. The zero-order valence-electron chi connectivity index (χ0n) is 9.36. The summed E-state index contributed by atoms with van der Waals surface area (Å²) in [4.78, 5) is 4.10. The van der Waals surface area contributed by atoms with Gasteiger partial charge in [0, 0.05) is 10.9 Å². The predicted molar refractivity (Wildman–Crippen MR) is 66.1 cm³/mol. The van der Waals surface area contributed by atoms with Gasteiger partial charge in [-0.15, -0.1) is 11.3 Å². The Kier molecular flexibility index (Phi) is 3.78. The number of hydrogen-bond donors (Lipinski definition) is 1. The van der Waals surface area contributed by atoms with E-state index in [1.807, 2.05) is 11.3 Å². The van der Waals surface area contributed by atoms with Crippen LogP contribution in [0.25, 0.3) is 0 Å². The van der Waals surface area contributed by atoms with Crippen molar-refractivity contribution in [2.45, 2.75) is 25.8 Å². The third-order valence-corrected chi connectivity index (χ3v) is 4.22. The lowest BCUT2D eigenvalue weighted by Gasteiger charge is -2.26. The lowest BCUT2D eigenvalue weighted by molar-refractivity contribution is 0.234. The fourth-order valence-corrected chi connectivity index (χ4v) is 3.54. The fraction of sp³-hybridized carbons (Fsp3) is 0.667. The SMILES string of the molecule is CCCN1CCC(CN)C1c1cccs1. The second-order valence-electron chi connectivity index (χ2n) is 4.28. The summed E-state index contributed by atoms with van der Waals surface area (Å²) in [7, 11) is 0. The summed E-state index contributed by atoms with van der Waals surface area (Å²) < 4.78 is 0. The fourth-order valence-electron chi connectivity index (χ4n) is 2.58. The molecule has 1 saturated heterocycles. The maximum absolute atomic E-state index is 5.87. The van der Waals surface area contributed by atoms with Gasteiger partial charge in [0.1, 0.15) is 0 Å². The zero-order valence-corrected chi connectivity index (χ0v) is 10.2. The van der Waals surface area contributed by atoms with Crippen LogP contribution in [0.2, 0.25) is 0 Å². The van der Waals surface area contributed by atoms with Gasteiger partial charge in [0.2, 0.25) is 0 Å². The molecule has 1 aromatic heterocycles. The Balaban J connectivity index is 2.15. The van der Waals surface area contributed by atoms with E-state index in [2.05, 4.69) is 29.3 Å². The third kappa shape index (κ3) is 2.25. The largest absolute Gasteiger partial charge is 0.330 e. The van der Waals surface area contributed by atoms with E-state index in [9.17, 15) is 0 Å². The van der Waals surface area contributed by atoms with E-state index in [-0.39, 0.29) is 0 Å². The molecule has 2 heterocycles. The van der Waals surface area contributed by atoms with Gasteiger partial charge >= 0.3 is 0 Å². The number of thiophene rings is 1. The van der Waals surface area contributed by atoms with Gasteiger partial charge in [-0.05, 0) is 49.8 Å². The molecule has 15 heavy (non-hydrogen) atoms. The van der Waals surface area contributed by atoms with E-state index in [1.165, 1.54) is 30.8 Å². The standard InChI is InChI=1S/C12H20N2S/c1-2-6-14-7-5-10(9-13)12(14)11-4-3-8-15-11/h3-4,8,10,12H,2,5-7,9,13H2,1H3. The number of nitrogens with zero attached hydrogens (tertiary/aromatic N) is 1. The van der Waals surface area contributed by atoms with Gasteiger partial charge in [0.25, 0.3) is 0 Å². The van der Waals surface area contributed by atoms with Gasteiger partial charge in [0.15, 0.2) is 0 Å². The van der Waals surface area contributed by atoms with Crippen LogP contribution in [0.3, 0.4) is 0 Å². The van der Waals surface area contributed by atoms with Gasteiger partial charge in [-0.3, -0.25) is 4.90 Å². The van der Waals surface area contributed by atoms with Crippen molar-refractivity contribution in [2.75, 3.05) is 19.6 Å². The van der Waals surface area contributed by atoms with Crippen LogP contribution in [0, 0.1) is 5.92 Å². The maximum atomic E-state index is 5.87. The molecular weight excluding hydrogens is 204 g/mol. The molecule has 2 rings (SSSR count). The molecule has 0 saturated carbocycles. The van der Waals surface area contributed by atoms with Gasteiger partial charge < -0.3 is 5.73 Å². The monoisotopic (exact) mass is 224 g/mol. The van der Waals surface area contributed by atoms with Crippen LogP contribution in [-0.2, 0) is 0 Å². The summed E-state index contributed by atoms with van der Waals surface area (Å²) in [5.41, 5.74) is 5.87. The van der Waals surface area contributed by atoms with Crippen molar-refractivity contribution in [1.29, 1.82) is 0 Å². The lowest BCUT2D eigenvalue weighted by Crippen LogP contribution is -2.28. The van der Waals surface area contributed by atoms with Crippen molar-refractivity contribution >= 4 is 11.3 Å². The Labute approximate surface area is 96.1 Å². The highest BCUT2D eigenvalue weighted by Crippen LogP contribution is 2.38. The maximum Gasteiger partial charge on any atom is 0.0482 e. The van der Waals surface area contributed by atoms with E-state index >= 15 is 0 Å². The van der Waals surface area contributed by atoms with Crippen molar-refractivity contribution in [3.63, 3.8) is 0 Å². The first-order valence-electron chi connectivity index (χ1n) is 5.84. The van der Waals surface area contributed by atoms with Crippen molar-refractivity contribution in [2.24, 2.45) is 11.7 Å². The van der Waals surface area contributed by atoms with Crippen LogP contribution in [0.15, 0.2) is 17.5 Å². The molecule has 0 spiro atoms. The first-order valence-corrected chi connectivity index (χ1v) is 6.72. The molecule has 0 aliphatic carbocycles. The molecule has 0 bridgehead atoms. The molecule has 3 heteroatoms. The summed E-state index contributed by atoms with van der Waals surface area (Å²) in [6, 6.07) is 5.00. The number of hydrogen-bond acceptors (Lipinski definition) is 3. The van der Waals surface area contributed by atoms with E-state index in [1.54, 1.807) is 0 Å². The molecule has 1 aromatic rings. The minimum absolute atomic E-state index is 0.593. The second kappa shape index (κ2) is 5.10. The molecule has 2 unspecified atom stereocenters. The number of rotatable bonds is 4. The molecule has 84 valence electrons. The van der Waals surface area contributed by atoms with E-state index < -0.39 is 0 Å². The highest BCUT2D eigenvalue weighted by molar-refractivity contribution is 7.10. The van der Waals surface area contributed by atoms with Crippen molar-refractivity contribution < 1.29 is 0 Å². The molecule has 2 nitrogen and oxygen atoms in total. The molecule has 2 N–H and O–H groups in total. The van der Waals surface area contributed by atoms with E-state index in [0.29, 0.717) is 12.0 Å². The highest BCUT2D eigenvalue weighted by Gasteiger charge is 2.34. The van der Waals surface area contributed by atoms with Crippen LogP contribution < -0.4 is 5.73 Å². The van der Waals surface area contributed by atoms with Gasteiger partial charge in [-0.25, -0.2) is 0 Å². The molecule has 0 aromatic carbocycles. The lowest BCUT2D eigenvalue weighted by atomic mass is 9.99. The molecule has 0 amide bonds. The normalized spacial score (nSPS) is 27.3. The van der Waals surface area contributed by atoms with Gasteiger partial charge in [-0.1, -0.05) is 13.0 Å². The third-order valence-electron chi connectivity index (χ3n) is 3.28. The van der Waals surface area contributed by atoms with Crippen molar-refractivity contribution in [3.8, 4) is 0 Å². The quantitative estimate of drug-likeness (QED) is 0.851. The number of nitrogens with two attached hydrogens (primary N) is 1. The van der Waals surface area contributed by atoms with Crippen LogP contribution in [0.5, 0.6) is 0 Å². The van der Waals surface area contributed by atoms with Crippen LogP contribution in [0.1, 0.15) is 30.7 Å². The first kappa shape index (κ1) is 11.1. The minimum Gasteiger partial charge on any atom is -0.330 e. The van der Waals surface area contributed by atoms with Crippen LogP contribution >= 0.6 is 11.3 Å². The Bertz CT molecular complexity index is 284. The molecule has 1 aliphatic rings. The number of likely N-dealkylation sites (tertiary alicyclic amines) is 1. The minimum atomic E-state index is 0.593. The van der Waals surface area contributed by atoms with Crippen LogP contribution in [0.4, 0.5) is 0 Å². The molecule has 1 aliphatic heterocycles. The average molecular weight is 224 g/mol.